The average molecular weight is 515 g/mol. The van der Waals surface area contributed by atoms with Crippen LogP contribution in [0.15, 0.2) is 42.5 Å². The number of halogens is 6. The van der Waals surface area contributed by atoms with Crippen LogP contribution in [0.25, 0.3) is 0 Å². The summed E-state index contributed by atoms with van der Waals surface area (Å²) >= 11 is 0. The number of ether oxygens (including phenoxy) is 1. The third kappa shape index (κ3) is 5.96. The Kier molecular flexibility index (Phi) is 7.28. The number of methoxy groups -OCH3 is 1. The van der Waals surface area contributed by atoms with Gasteiger partial charge in [-0.3, -0.25) is 9.69 Å². The molecule has 0 saturated carbocycles. The van der Waals surface area contributed by atoms with Crippen molar-refractivity contribution in [1.82, 2.24) is 9.80 Å². The van der Waals surface area contributed by atoms with Gasteiger partial charge in [0.15, 0.2) is 0 Å². The summed E-state index contributed by atoms with van der Waals surface area (Å²) in [5.41, 5.74) is -2.11. The van der Waals surface area contributed by atoms with Crippen molar-refractivity contribution in [1.29, 1.82) is 0 Å². The summed E-state index contributed by atoms with van der Waals surface area (Å²) in [5.74, 6) is 0.596. The number of likely N-dealkylation sites (tertiary alicyclic amines) is 2. The molecule has 4 nitrogen and oxygen atoms in total. The first-order valence-electron chi connectivity index (χ1n) is 11.8. The van der Waals surface area contributed by atoms with Gasteiger partial charge < -0.3 is 9.64 Å². The van der Waals surface area contributed by atoms with E-state index < -0.39 is 23.5 Å². The predicted octanol–water partition coefficient (Wildman–Crippen LogP) is 6.25. The van der Waals surface area contributed by atoms with E-state index in [9.17, 15) is 31.1 Å². The standard InChI is InChI=1S/C26H28F6N2O2/c1-36-22-5-3-19(4-6-22)23(35)34-11-8-24(9-12-34)7-2-10-33(17-24)16-18-13-20(25(27,28)29)15-21(14-18)26(30,31)32/h3-6,13-15H,2,7-12,16-17H2,1H3. The summed E-state index contributed by atoms with van der Waals surface area (Å²) in [7, 11) is 1.55. The second-order valence-electron chi connectivity index (χ2n) is 9.75. The summed E-state index contributed by atoms with van der Waals surface area (Å²) in [5, 5.41) is 0. The topological polar surface area (TPSA) is 32.8 Å². The van der Waals surface area contributed by atoms with Crippen LogP contribution in [0.5, 0.6) is 5.75 Å². The zero-order valence-corrected chi connectivity index (χ0v) is 19.9. The van der Waals surface area contributed by atoms with Crippen LogP contribution in [0.4, 0.5) is 26.3 Å². The Hall–Kier alpha value is -2.75. The Morgan fingerprint density at radius 3 is 2.00 bits per heavy atom. The lowest BCUT2D eigenvalue weighted by Gasteiger charge is -2.47. The van der Waals surface area contributed by atoms with E-state index in [0.717, 1.165) is 37.8 Å². The fraction of sp³-hybridized carbons (Fsp3) is 0.500. The van der Waals surface area contributed by atoms with Crippen LogP contribution in [0.3, 0.4) is 0 Å². The Balaban J connectivity index is 1.42. The van der Waals surface area contributed by atoms with Gasteiger partial charge in [0.25, 0.3) is 5.91 Å². The molecule has 0 atom stereocenters. The maximum atomic E-state index is 13.2. The van der Waals surface area contributed by atoms with Gasteiger partial charge in [-0.1, -0.05) is 0 Å². The molecule has 2 saturated heterocycles. The second-order valence-corrected chi connectivity index (χ2v) is 9.75. The van der Waals surface area contributed by atoms with Gasteiger partial charge in [0, 0.05) is 31.7 Å². The zero-order valence-electron chi connectivity index (χ0n) is 19.9. The molecule has 2 heterocycles. The van der Waals surface area contributed by atoms with Gasteiger partial charge in [-0.2, -0.15) is 26.3 Å². The highest BCUT2D eigenvalue weighted by Crippen LogP contribution is 2.41. The summed E-state index contributed by atoms with van der Waals surface area (Å²) in [6, 6.07) is 8.69. The van der Waals surface area contributed by atoms with Crippen LogP contribution in [-0.2, 0) is 18.9 Å². The normalized spacial score (nSPS) is 18.9. The van der Waals surface area contributed by atoms with Crippen molar-refractivity contribution >= 4 is 5.91 Å². The Morgan fingerprint density at radius 1 is 0.889 bits per heavy atom. The van der Waals surface area contributed by atoms with Gasteiger partial charge in [0.2, 0.25) is 0 Å². The lowest BCUT2D eigenvalue weighted by Crippen LogP contribution is -2.50. The number of hydrogen-bond donors (Lipinski definition) is 0. The van der Waals surface area contributed by atoms with Gasteiger partial charge in [-0.25, -0.2) is 0 Å². The van der Waals surface area contributed by atoms with Crippen molar-refractivity contribution in [2.45, 2.75) is 44.6 Å². The summed E-state index contributed by atoms with van der Waals surface area (Å²) in [4.78, 5) is 16.6. The Morgan fingerprint density at radius 2 is 1.47 bits per heavy atom. The number of carbonyl (C=O) groups is 1. The van der Waals surface area contributed by atoms with Crippen molar-refractivity contribution < 1.29 is 35.9 Å². The van der Waals surface area contributed by atoms with E-state index in [2.05, 4.69) is 0 Å². The highest BCUT2D eigenvalue weighted by molar-refractivity contribution is 5.94. The third-order valence-electron chi connectivity index (χ3n) is 7.24. The molecule has 196 valence electrons. The first-order chi connectivity index (χ1) is 16.9. The van der Waals surface area contributed by atoms with Gasteiger partial charge in [0.1, 0.15) is 5.75 Å². The number of nitrogens with zero attached hydrogens (tertiary/aromatic N) is 2. The molecule has 0 bridgehead atoms. The van der Waals surface area contributed by atoms with E-state index in [1.807, 2.05) is 4.90 Å². The number of benzene rings is 2. The average Bonchev–Trinajstić information content (AvgIpc) is 2.83. The molecule has 10 heteroatoms. The molecule has 0 aromatic heterocycles. The molecular weight excluding hydrogens is 486 g/mol. The summed E-state index contributed by atoms with van der Waals surface area (Å²) < 4.78 is 84.6. The minimum absolute atomic E-state index is 0.00122. The minimum Gasteiger partial charge on any atom is -0.497 e. The van der Waals surface area contributed by atoms with Crippen molar-refractivity contribution in [3.63, 3.8) is 0 Å². The van der Waals surface area contributed by atoms with E-state index in [1.54, 1.807) is 36.3 Å². The molecule has 1 spiro atoms. The molecule has 2 aliphatic rings. The van der Waals surface area contributed by atoms with E-state index in [1.165, 1.54) is 0 Å². The van der Waals surface area contributed by atoms with Crippen molar-refractivity contribution in [3.05, 3.63) is 64.7 Å². The molecule has 2 aliphatic heterocycles. The van der Waals surface area contributed by atoms with Crippen LogP contribution in [-0.4, -0.2) is 49.0 Å². The van der Waals surface area contributed by atoms with Crippen molar-refractivity contribution in [2.24, 2.45) is 5.41 Å². The van der Waals surface area contributed by atoms with Crippen molar-refractivity contribution in [3.8, 4) is 5.75 Å². The van der Waals surface area contributed by atoms with E-state index >= 15 is 0 Å². The molecule has 36 heavy (non-hydrogen) atoms. The quantitative estimate of drug-likeness (QED) is 0.452. The molecular formula is C26H28F6N2O2. The number of piperidine rings is 2. The smallest absolute Gasteiger partial charge is 0.416 e. The maximum Gasteiger partial charge on any atom is 0.416 e. The van der Waals surface area contributed by atoms with Gasteiger partial charge in [-0.15, -0.1) is 0 Å². The number of alkyl halides is 6. The second kappa shape index (κ2) is 9.95. The molecule has 2 aromatic rings. The van der Waals surface area contributed by atoms with E-state index in [-0.39, 0.29) is 29.5 Å². The summed E-state index contributed by atoms with van der Waals surface area (Å²) in [6.45, 7) is 2.31. The molecule has 0 unspecified atom stereocenters. The van der Waals surface area contributed by atoms with Gasteiger partial charge in [0.05, 0.1) is 18.2 Å². The number of amides is 1. The van der Waals surface area contributed by atoms with Crippen molar-refractivity contribution in [2.75, 3.05) is 33.3 Å². The molecule has 2 aromatic carbocycles. The number of rotatable bonds is 4. The van der Waals surface area contributed by atoms with Crippen LogP contribution < -0.4 is 4.74 Å². The molecule has 0 radical (unpaired) electrons. The van der Waals surface area contributed by atoms with Gasteiger partial charge in [-0.05, 0) is 85.7 Å². The lowest BCUT2D eigenvalue weighted by atomic mass is 9.72. The van der Waals surface area contributed by atoms with E-state index in [4.69, 9.17) is 4.74 Å². The minimum atomic E-state index is -4.86. The SMILES string of the molecule is COc1ccc(C(=O)N2CCC3(CCCN(Cc4cc(C(F)(F)F)cc(C(F)(F)F)c4)C3)CC2)cc1. The lowest BCUT2D eigenvalue weighted by molar-refractivity contribution is -0.143. The molecule has 2 fully saturated rings. The highest BCUT2D eigenvalue weighted by Gasteiger charge is 2.40. The number of hydrogen-bond acceptors (Lipinski definition) is 3. The van der Waals surface area contributed by atoms with Crippen LogP contribution >= 0.6 is 0 Å². The summed E-state index contributed by atoms with van der Waals surface area (Å²) in [6.07, 6.45) is -6.52. The van der Waals surface area contributed by atoms with Gasteiger partial charge >= 0.3 is 12.4 Å². The first-order valence-corrected chi connectivity index (χ1v) is 11.8. The van der Waals surface area contributed by atoms with Crippen LogP contribution in [0.2, 0.25) is 0 Å². The first kappa shape index (κ1) is 26.3. The third-order valence-corrected chi connectivity index (χ3v) is 7.24. The maximum absolute atomic E-state index is 13.2. The highest BCUT2D eigenvalue weighted by atomic mass is 19.4. The largest absolute Gasteiger partial charge is 0.497 e. The molecule has 0 aliphatic carbocycles. The van der Waals surface area contributed by atoms with Crippen LogP contribution in [0.1, 0.15) is 52.7 Å². The molecule has 4 rings (SSSR count). The Bertz CT molecular complexity index is 1040. The van der Waals surface area contributed by atoms with Crippen LogP contribution in [0, 0.1) is 5.41 Å². The number of carbonyl (C=O) groups excluding carboxylic acids is 1. The molecule has 1 amide bonds. The fourth-order valence-electron chi connectivity index (χ4n) is 5.32. The predicted molar refractivity (Wildman–Crippen MR) is 122 cm³/mol. The fourth-order valence-corrected chi connectivity index (χ4v) is 5.32. The Labute approximate surface area is 205 Å². The van der Waals surface area contributed by atoms with E-state index in [0.29, 0.717) is 37.5 Å². The zero-order chi connectivity index (χ0) is 26.1. The monoisotopic (exact) mass is 514 g/mol. The molecule has 0 N–H and O–H groups in total.